The Labute approximate surface area is 117 Å². The number of hydrogen-bond donors (Lipinski definition) is 0. The number of fused-ring (bicyclic) bond motifs is 2. The number of ketones is 1. The lowest BCUT2D eigenvalue weighted by Gasteiger charge is -2.12. The molecule has 1 aliphatic carbocycles. The zero-order valence-corrected chi connectivity index (χ0v) is 11.1. The number of hydrogen-bond acceptors (Lipinski definition) is 1. The highest BCUT2D eigenvalue weighted by Gasteiger charge is 2.25. The van der Waals surface area contributed by atoms with Crippen molar-refractivity contribution < 1.29 is 4.79 Å². The lowest BCUT2D eigenvalue weighted by atomic mass is 9.90. The maximum atomic E-state index is 12.3. The van der Waals surface area contributed by atoms with Crippen molar-refractivity contribution in [3.63, 3.8) is 0 Å². The van der Waals surface area contributed by atoms with Gasteiger partial charge in [0.2, 0.25) is 0 Å². The van der Waals surface area contributed by atoms with Crippen LogP contribution in [-0.4, -0.2) is 5.78 Å². The van der Waals surface area contributed by atoms with Crippen LogP contribution in [0.2, 0.25) is 0 Å². The molecule has 0 saturated carbocycles. The molecule has 0 fully saturated rings. The average molecular weight is 258 g/mol. The van der Waals surface area contributed by atoms with E-state index in [4.69, 9.17) is 0 Å². The molecule has 1 aliphatic rings. The molecule has 0 heterocycles. The molecule has 0 spiro atoms. The van der Waals surface area contributed by atoms with E-state index in [1.165, 1.54) is 16.3 Å². The van der Waals surface area contributed by atoms with Crippen LogP contribution in [0.25, 0.3) is 21.9 Å². The Bertz CT molecular complexity index is 816. The molecule has 0 radical (unpaired) electrons. The van der Waals surface area contributed by atoms with Crippen LogP contribution in [0, 0.1) is 0 Å². The third kappa shape index (κ3) is 1.60. The van der Waals surface area contributed by atoms with Crippen LogP contribution in [-0.2, 0) is 6.42 Å². The molecule has 3 aromatic rings. The molecule has 0 unspecified atom stereocenters. The first-order chi connectivity index (χ1) is 9.84. The molecule has 0 aromatic heterocycles. The van der Waals surface area contributed by atoms with Gasteiger partial charge in [0.25, 0.3) is 0 Å². The van der Waals surface area contributed by atoms with Gasteiger partial charge in [-0.15, -0.1) is 0 Å². The highest BCUT2D eigenvalue weighted by atomic mass is 16.1. The van der Waals surface area contributed by atoms with Crippen LogP contribution in [0.5, 0.6) is 0 Å². The number of aryl methyl sites for hydroxylation is 1. The molecule has 0 N–H and O–H groups in total. The largest absolute Gasteiger partial charge is 0.294 e. The van der Waals surface area contributed by atoms with Gasteiger partial charge >= 0.3 is 0 Å². The standard InChI is InChI=1S/C19H14O/c20-17-11-10-15-12-14-8-4-5-9-16(14)18(19(15)17)13-6-2-1-3-7-13/h1-9,12H,10-11H2. The summed E-state index contributed by atoms with van der Waals surface area (Å²) in [7, 11) is 0. The van der Waals surface area contributed by atoms with Gasteiger partial charge in [0.05, 0.1) is 0 Å². The molecule has 20 heavy (non-hydrogen) atoms. The Hall–Kier alpha value is -2.41. The molecule has 0 bridgehead atoms. The van der Waals surface area contributed by atoms with E-state index < -0.39 is 0 Å². The van der Waals surface area contributed by atoms with E-state index in [1.54, 1.807) is 0 Å². The Morgan fingerprint density at radius 3 is 2.35 bits per heavy atom. The first kappa shape index (κ1) is 11.4. The number of Topliss-reactive ketones (excluding diaryl/α,β-unsaturated/α-hetero) is 1. The van der Waals surface area contributed by atoms with E-state index in [0.29, 0.717) is 6.42 Å². The molecule has 0 aliphatic heterocycles. The Morgan fingerprint density at radius 2 is 1.50 bits per heavy atom. The van der Waals surface area contributed by atoms with E-state index >= 15 is 0 Å². The third-order valence-corrected chi connectivity index (χ3v) is 4.09. The highest BCUT2D eigenvalue weighted by molar-refractivity contribution is 6.13. The van der Waals surface area contributed by atoms with Crippen molar-refractivity contribution in [3.8, 4) is 11.1 Å². The zero-order valence-electron chi connectivity index (χ0n) is 11.1. The maximum absolute atomic E-state index is 12.3. The topological polar surface area (TPSA) is 17.1 Å². The lowest BCUT2D eigenvalue weighted by Crippen LogP contribution is -1.97. The van der Waals surface area contributed by atoms with E-state index in [1.807, 2.05) is 24.3 Å². The first-order valence-corrected chi connectivity index (χ1v) is 6.98. The minimum atomic E-state index is 0.282. The number of carbonyl (C=O) groups excluding carboxylic acids is 1. The maximum Gasteiger partial charge on any atom is 0.164 e. The molecule has 0 amide bonds. The van der Waals surface area contributed by atoms with Crippen LogP contribution in [0.15, 0.2) is 60.7 Å². The summed E-state index contributed by atoms with van der Waals surface area (Å²) in [5, 5.41) is 2.40. The van der Waals surface area contributed by atoms with Crippen molar-refractivity contribution in [2.24, 2.45) is 0 Å². The van der Waals surface area contributed by atoms with E-state index in [9.17, 15) is 4.79 Å². The average Bonchev–Trinajstić information content (AvgIpc) is 2.87. The van der Waals surface area contributed by atoms with Gasteiger partial charge in [-0.05, 0) is 28.3 Å². The second-order valence-corrected chi connectivity index (χ2v) is 5.30. The summed E-state index contributed by atoms with van der Waals surface area (Å²) < 4.78 is 0. The van der Waals surface area contributed by atoms with Crippen LogP contribution in [0.4, 0.5) is 0 Å². The molecule has 0 atom stereocenters. The fourth-order valence-electron chi connectivity index (χ4n) is 3.20. The van der Waals surface area contributed by atoms with Crippen LogP contribution >= 0.6 is 0 Å². The normalized spacial score (nSPS) is 13.7. The Morgan fingerprint density at radius 1 is 0.750 bits per heavy atom. The summed E-state index contributed by atoms with van der Waals surface area (Å²) in [6, 6.07) is 20.8. The van der Waals surface area contributed by atoms with Gasteiger partial charge in [-0.1, -0.05) is 60.7 Å². The fraction of sp³-hybridized carbons (Fsp3) is 0.105. The summed E-state index contributed by atoms with van der Waals surface area (Å²) in [6.45, 7) is 0. The number of carbonyl (C=O) groups is 1. The highest BCUT2D eigenvalue weighted by Crippen LogP contribution is 2.38. The van der Waals surface area contributed by atoms with Crippen molar-refractivity contribution in [1.82, 2.24) is 0 Å². The smallest absolute Gasteiger partial charge is 0.164 e. The van der Waals surface area contributed by atoms with Gasteiger partial charge in [0.1, 0.15) is 0 Å². The van der Waals surface area contributed by atoms with E-state index in [2.05, 4.69) is 36.4 Å². The molecule has 96 valence electrons. The Balaban J connectivity index is 2.17. The quantitative estimate of drug-likeness (QED) is 0.621. The van der Waals surface area contributed by atoms with Crippen molar-refractivity contribution in [2.45, 2.75) is 12.8 Å². The number of rotatable bonds is 1. The fourth-order valence-corrected chi connectivity index (χ4v) is 3.20. The van der Waals surface area contributed by atoms with Gasteiger partial charge < -0.3 is 0 Å². The predicted molar refractivity (Wildman–Crippen MR) is 82.0 cm³/mol. The van der Waals surface area contributed by atoms with Crippen molar-refractivity contribution in [1.29, 1.82) is 0 Å². The summed E-state index contributed by atoms with van der Waals surface area (Å²) in [6.07, 6.45) is 1.52. The molecule has 3 aromatic carbocycles. The monoisotopic (exact) mass is 258 g/mol. The van der Waals surface area contributed by atoms with Crippen molar-refractivity contribution >= 4 is 16.6 Å². The van der Waals surface area contributed by atoms with Crippen LogP contribution in [0.1, 0.15) is 22.3 Å². The van der Waals surface area contributed by atoms with Gasteiger partial charge in [0, 0.05) is 17.5 Å². The first-order valence-electron chi connectivity index (χ1n) is 6.98. The molecular formula is C19H14O. The third-order valence-electron chi connectivity index (χ3n) is 4.09. The van der Waals surface area contributed by atoms with Gasteiger partial charge in [-0.3, -0.25) is 4.79 Å². The lowest BCUT2D eigenvalue weighted by molar-refractivity contribution is 0.0995. The van der Waals surface area contributed by atoms with Crippen molar-refractivity contribution in [3.05, 3.63) is 71.8 Å². The van der Waals surface area contributed by atoms with Gasteiger partial charge in [-0.2, -0.15) is 0 Å². The van der Waals surface area contributed by atoms with Gasteiger partial charge in [0.15, 0.2) is 5.78 Å². The molecule has 4 rings (SSSR count). The number of benzene rings is 3. The minimum absolute atomic E-state index is 0.282. The SMILES string of the molecule is O=C1CCc2cc3ccccc3c(-c3ccccc3)c21. The minimum Gasteiger partial charge on any atom is -0.294 e. The van der Waals surface area contributed by atoms with Crippen LogP contribution < -0.4 is 0 Å². The van der Waals surface area contributed by atoms with Gasteiger partial charge in [-0.25, -0.2) is 0 Å². The summed E-state index contributed by atoms with van der Waals surface area (Å²) in [4.78, 5) is 12.3. The zero-order chi connectivity index (χ0) is 13.5. The second-order valence-electron chi connectivity index (χ2n) is 5.30. The summed E-state index contributed by atoms with van der Waals surface area (Å²) >= 11 is 0. The molecular weight excluding hydrogens is 244 g/mol. The van der Waals surface area contributed by atoms with E-state index in [0.717, 1.165) is 23.1 Å². The predicted octanol–water partition coefficient (Wildman–Crippen LogP) is 4.64. The van der Waals surface area contributed by atoms with E-state index in [-0.39, 0.29) is 5.78 Å². The summed E-state index contributed by atoms with van der Waals surface area (Å²) in [5.41, 5.74) is 4.39. The second kappa shape index (κ2) is 4.31. The van der Waals surface area contributed by atoms with Crippen molar-refractivity contribution in [2.75, 3.05) is 0 Å². The Kier molecular flexibility index (Phi) is 2.46. The molecule has 1 heteroatoms. The van der Waals surface area contributed by atoms with Crippen LogP contribution in [0.3, 0.4) is 0 Å². The summed E-state index contributed by atoms with van der Waals surface area (Å²) in [5.74, 6) is 0.282. The molecule has 0 saturated heterocycles. The molecule has 1 nitrogen and oxygen atoms in total.